The molecule has 0 aliphatic carbocycles. The lowest BCUT2D eigenvalue weighted by Gasteiger charge is -2.22. The second-order valence-corrected chi connectivity index (χ2v) is 6.50. The minimum absolute atomic E-state index is 0.228. The average Bonchev–Trinajstić information content (AvgIpc) is 3.16. The Morgan fingerprint density at radius 3 is 3.12 bits per heavy atom. The molecular formula is C19H25FN4O2. The second-order valence-electron chi connectivity index (χ2n) is 6.50. The van der Waals surface area contributed by atoms with E-state index in [9.17, 15) is 9.18 Å². The molecule has 0 bridgehead atoms. The van der Waals surface area contributed by atoms with Crippen LogP contribution in [0, 0.1) is 5.82 Å². The Balaban J connectivity index is 1.53. The Morgan fingerprint density at radius 2 is 2.38 bits per heavy atom. The first-order valence-corrected chi connectivity index (χ1v) is 9.12. The first kappa shape index (κ1) is 18.4. The summed E-state index contributed by atoms with van der Waals surface area (Å²) in [6.07, 6.45) is 4.49. The molecule has 1 aromatic carbocycles. The quantitative estimate of drug-likeness (QED) is 0.796. The van der Waals surface area contributed by atoms with E-state index < -0.39 is 0 Å². The van der Waals surface area contributed by atoms with Crippen LogP contribution >= 0.6 is 0 Å². The summed E-state index contributed by atoms with van der Waals surface area (Å²) in [6.45, 7) is 4.21. The minimum atomic E-state index is -0.343. The Morgan fingerprint density at radius 1 is 1.50 bits per heavy atom. The molecule has 2 unspecified atom stereocenters. The maximum atomic E-state index is 13.2. The van der Waals surface area contributed by atoms with Crippen molar-refractivity contribution in [1.82, 2.24) is 20.4 Å². The van der Waals surface area contributed by atoms with Gasteiger partial charge < -0.3 is 15.4 Å². The fraction of sp³-hybridized carbons (Fsp3) is 0.474. The zero-order valence-electron chi connectivity index (χ0n) is 15.0. The number of hydrogen-bond donors (Lipinski definition) is 2. The summed E-state index contributed by atoms with van der Waals surface area (Å²) in [7, 11) is 0. The van der Waals surface area contributed by atoms with Crippen molar-refractivity contribution in [2.45, 2.75) is 38.3 Å². The number of piperidine rings is 1. The first-order chi connectivity index (χ1) is 12.7. The summed E-state index contributed by atoms with van der Waals surface area (Å²) in [5.74, 6) is -0.113. The van der Waals surface area contributed by atoms with E-state index in [2.05, 4.69) is 15.7 Å². The SMILES string of the molecule is CCC(CNC(=O)c1ccn(C2CCCNC2)n1)Oc1cccc(F)c1. The molecule has 2 aromatic rings. The summed E-state index contributed by atoms with van der Waals surface area (Å²) in [4.78, 5) is 12.3. The van der Waals surface area contributed by atoms with Gasteiger partial charge >= 0.3 is 0 Å². The van der Waals surface area contributed by atoms with Gasteiger partial charge in [-0.1, -0.05) is 13.0 Å². The lowest BCUT2D eigenvalue weighted by Crippen LogP contribution is -2.35. The van der Waals surface area contributed by atoms with Gasteiger partial charge in [-0.25, -0.2) is 4.39 Å². The third-order valence-corrected chi connectivity index (χ3v) is 4.53. The predicted molar refractivity (Wildman–Crippen MR) is 96.8 cm³/mol. The topological polar surface area (TPSA) is 68.2 Å². The number of carbonyl (C=O) groups is 1. The van der Waals surface area contributed by atoms with Gasteiger partial charge in [0.05, 0.1) is 12.6 Å². The maximum absolute atomic E-state index is 13.2. The van der Waals surface area contributed by atoms with Crippen molar-refractivity contribution >= 4 is 5.91 Å². The van der Waals surface area contributed by atoms with Crippen LogP contribution < -0.4 is 15.4 Å². The fourth-order valence-corrected chi connectivity index (χ4v) is 3.02. The van der Waals surface area contributed by atoms with Crippen LogP contribution in [-0.2, 0) is 0 Å². The van der Waals surface area contributed by atoms with E-state index in [0.29, 0.717) is 30.5 Å². The number of hydrogen-bond acceptors (Lipinski definition) is 4. The highest BCUT2D eigenvalue weighted by atomic mass is 19.1. The molecule has 1 fully saturated rings. The molecule has 2 N–H and O–H groups in total. The van der Waals surface area contributed by atoms with E-state index in [1.807, 2.05) is 17.8 Å². The van der Waals surface area contributed by atoms with Crippen LogP contribution in [0.5, 0.6) is 5.75 Å². The number of amides is 1. The summed E-state index contributed by atoms with van der Waals surface area (Å²) >= 11 is 0. The molecule has 26 heavy (non-hydrogen) atoms. The van der Waals surface area contributed by atoms with Gasteiger partial charge in [-0.05, 0) is 44.0 Å². The van der Waals surface area contributed by atoms with Crippen molar-refractivity contribution in [3.63, 3.8) is 0 Å². The molecular weight excluding hydrogens is 335 g/mol. The minimum Gasteiger partial charge on any atom is -0.489 e. The van der Waals surface area contributed by atoms with E-state index in [4.69, 9.17) is 4.74 Å². The number of carbonyl (C=O) groups excluding carboxylic acids is 1. The molecule has 6 nitrogen and oxygen atoms in total. The normalized spacial score (nSPS) is 18.3. The van der Waals surface area contributed by atoms with Crippen molar-refractivity contribution in [3.8, 4) is 5.75 Å². The fourth-order valence-electron chi connectivity index (χ4n) is 3.02. The van der Waals surface area contributed by atoms with Crippen molar-refractivity contribution in [2.75, 3.05) is 19.6 Å². The van der Waals surface area contributed by atoms with Crippen molar-refractivity contribution in [2.24, 2.45) is 0 Å². The van der Waals surface area contributed by atoms with Crippen LogP contribution in [0.25, 0.3) is 0 Å². The highest BCUT2D eigenvalue weighted by molar-refractivity contribution is 5.92. The van der Waals surface area contributed by atoms with Gasteiger partial charge in [0.15, 0.2) is 0 Å². The average molecular weight is 360 g/mol. The molecule has 3 rings (SSSR count). The summed E-state index contributed by atoms with van der Waals surface area (Å²) in [6, 6.07) is 8.04. The molecule has 1 aromatic heterocycles. The molecule has 1 aliphatic heterocycles. The summed E-state index contributed by atoms with van der Waals surface area (Å²) < 4.78 is 20.9. The first-order valence-electron chi connectivity index (χ1n) is 9.12. The predicted octanol–water partition coefficient (Wildman–Crippen LogP) is 2.53. The number of aromatic nitrogens is 2. The lowest BCUT2D eigenvalue weighted by molar-refractivity contribution is 0.0919. The van der Waals surface area contributed by atoms with Crippen LogP contribution in [0.2, 0.25) is 0 Å². The molecule has 0 spiro atoms. The molecule has 0 saturated carbocycles. The van der Waals surface area contributed by atoms with Crippen LogP contribution in [0.1, 0.15) is 42.7 Å². The Kier molecular flexibility index (Phi) is 6.22. The van der Waals surface area contributed by atoms with Gasteiger partial charge in [0.2, 0.25) is 0 Å². The van der Waals surface area contributed by atoms with Gasteiger partial charge in [0, 0.05) is 18.8 Å². The van der Waals surface area contributed by atoms with Gasteiger partial charge in [-0.3, -0.25) is 9.48 Å². The van der Waals surface area contributed by atoms with Crippen molar-refractivity contribution in [3.05, 3.63) is 48.0 Å². The number of halogens is 1. The number of nitrogens with one attached hydrogen (secondary N) is 2. The molecule has 0 radical (unpaired) electrons. The van der Waals surface area contributed by atoms with E-state index in [1.165, 1.54) is 12.1 Å². The van der Waals surface area contributed by atoms with E-state index >= 15 is 0 Å². The standard InChI is InChI=1S/C19H25FN4O2/c1-2-16(26-17-7-3-5-14(20)11-17)13-22-19(25)18-8-10-24(23-18)15-6-4-9-21-12-15/h3,5,7-8,10-11,15-16,21H,2,4,6,9,12-13H2,1H3,(H,22,25). The van der Waals surface area contributed by atoms with Gasteiger partial charge in [0.25, 0.3) is 5.91 Å². The molecule has 2 heterocycles. The zero-order valence-corrected chi connectivity index (χ0v) is 15.0. The lowest BCUT2D eigenvalue weighted by atomic mass is 10.1. The van der Waals surface area contributed by atoms with E-state index in [0.717, 1.165) is 25.9 Å². The molecule has 1 aliphatic rings. The number of benzene rings is 1. The monoisotopic (exact) mass is 360 g/mol. The Labute approximate surface area is 152 Å². The third-order valence-electron chi connectivity index (χ3n) is 4.53. The largest absolute Gasteiger partial charge is 0.489 e. The van der Waals surface area contributed by atoms with E-state index in [1.54, 1.807) is 18.2 Å². The second kappa shape index (κ2) is 8.80. The number of rotatable bonds is 7. The number of ether oxygens (including phenoxy) is 1. The van der Waals surface area contributed by atoms with Crippen molar-refractivity contribution < 1.29 is 13.9 Å². The Hall–Kier alpha value is -2.41. The van der Waals surface area contributed by atoms with Crippen LogP contribution in [0.3, 0.4) is 0 Å². The molecule has 140 valence electrons. The highest BCUT2D eigenvalue weighted by Gasteiger charge is 2.18. The van der Waals surface area contributed by atoms with Crippen LogP contribution in [0.15, 0.2) is 36.5 Å². The molecule has 2 atom stereocenters. The molecule has 1 amide bonds. The maximum Gasteiger partial charge on any atom is 0.271 e. The number of nitrogens with zero attached hydrogens (tertiary/aromatic N) is 2. The molecule has 1 saturated heterocycles. The van der Waals surface area contributed by atoms with E-state index in [-0.39, 0.29) is 17.8 Å². The third kappa shape index (κ3) is 4.82. The van der Waals surface area contributed by atoms with Gasteiger partial charge in [0.1, 0.15) is 23.4 Å². The van der Waals surface area contributed by atoms with Crippen LogP contribution in [-0.4, -0.2) is 41.4 Å². The smallest absolute Gasteiger partial charge is 0.271 e. The highest BCUT2D eigenvalue weighted by Crippen LogP contribution is 2.16. The summed E-state index contributed by atoms with van der Waals surface area (Å²) in [5, 5.41) is 10.6. The summed E-state index contributed by atoms with van der Waals surface area (Å²) in [5.41, 5.74) is 0.399. The Bertz CT molecular complexity index is 728. The zero-order chi connectivity index (χ0) is 18.4. The molecule has 7 heteroatoms. The van der Waals surface area contributed by atoms with Gasteiger partial charge in [-0.15, -0.1) is 0 Å². The van der Waals surface area contributed by atoms with Crippen molar-refractivity contribution in [1.29, 1.82) is 0 Å². The van der Waals surface area contributed by atoms with Crippen LogP contribution in [0.4, 0.5) is 4.39 Å². The van der Waals surface area contributed by atoms with Gasteiger partial charge in [-0.2, -0.15) is 5.10 Å².